The lowest BCUT2D eigenvalue weighted by atomic mass is 10.0. The van der Waals surface area contributed by atoms with Crippen molar-refractivity contribution < 1.29 is 37.3 Å². The number of phosphoric ester groups is 1. The maximum Gasteiger partial charge on any atom is 0.306 e. The molecule has 1 N–H and O–H groups in total. The number of hydrogen-bond acceptors (Lipinski definition) is 7. The van der Waals surface area contributed by atoms with Gasteiger partial charge in [-0.05, 0) is 128 Å². The molecule has 0 aromatic rings. The second kappa shape index (κ2) is 63.2. The van der Waals surface area contributed by atoms with Gasteiger partial charge in [-0.25, -0.2) is 0 Å². The highest BCUT2D eigenvalue weighted by molar-refractivity contribution is 7.45. The predicted molar refractivity (Wildman–Crippen MR) is 366 cm³/mol. The van der Waals surface area contributed by atoms with Gasteiger partial charge in [0.2, 0.25) is 5.91 Å². The van der Waals surface area contributed by atoms with Gasteiger partial charge in [0.25, 0.3) is 7.82 Å². The van der Waals surface area contributed by atoms with Crippen LogP contribution in [-0.4, -0.2) is 69.4 Å². The number of amides is 1. The zero-order valence-electron chi connectivity index (χ0n) is 55.5. The molecule has 1 amide bonds. The molecule has 0 radical (unpaired) electrons. The standard InChI is InChI=1S/C75H129N2O7P/c1-7-10-13-16-19-22-25-28-30-32-34-36-37-38-39-41-43-45-47-50-53-56-59-62-65-68-75(79)84-73(66-63-60-57-54-51-48-27-24-21-18-15-12-9-3)72(71-83-85(80,81)82-70-69-77(4,5)6)76-74(78)67-64-61-58-55-52-49-46-44-42-40-35-33-31-29-26-23-20-17-14-11-8-2/h10,13,19-20,22-23,28-31,34-36,38-40,43-46,63,66,72-73H,7-9,11-12,14-18,21,24-27,32-33,37,41-42,47-62,64-65,67-71H2,1-6H3,(H-,76,78,80,81)/b13-10-,22-19-,23-20-,30-28-,31-29-,36-34-,39-38-,40-35-,45-43-,46-44-,66-63+. The number of rotatable bonds is 61. The molecule has 0 saturated carbocycles. The first-order chi connectivity index (χ1) is 41.4. The van der Waals surface area contributed by atoms with Crippen LogP contribution in [0.2, 0.25) is 0 Å². The van der Waals surface area contributed by atoms with Gasteiger partial charge in [-0.15, -0.1) is 0 Å². The largest absolute Gasteiger partial charge is 0.756 e. The van der Waals surface area contributed by atoms with Crippen molar-refractivity contribution in [1.82, 2.24) is 5.32 Å². The van der Waals surface area contributed by atoms with Gasteiger partial charge >= 0.3 is 5.97 Å². The van der Waals surface area contributed by atoms with Crippen LogP contribution in [0.1, 0.15) is 278 Å². The van der Waals surface area contributed by atoms with Crippen LogP contribution in [0.15, 0.2) is 134 Å². The average molecular weight is 1200 g/mol. The minimum Gasteiger partial charge on any atom is -0.756 e. The summed E-state index contributed by atoms with van der Waals surface area (Å²) in [5.74, 6) is -0.584. The number of likely N-dealkylation sites (N-methyl/N-ethyl adjacent to an activating group) is 1. The van der Waals surface area contributed by atoms with Gasteiger partial charge in [0.05, 0.1) is 33.8 Å². The van der Waals surface area contributed by atoms with Gasteiger partial charge in [-0.1, -0.05) is 270 Å². The summed E-state index contributed by atoms with van der Waals surface area (Å²) >= 11 is 0. The molecule has 0 fully saturated rings. The second-order valence-electron chi connectivity index (χ2n) is 23.9. The molecular formula is C75H129N2O7P. The van der Waals surface area contributed by atoms with Crippen molar-refractivity contribution in [1.29, 1.82) is 0 Å². The zero-order chi connectivity index (χ0) is 62.1. The van der Waals surface area contributed by atoms with E-state index in [0.717, 1.165) is 148 Å². The molecule has 486 valence electrons. The molecular weight excluding hydrogens is 1070 g/mol. The molecule has 0 aliphatic carbocycles. The summed E-state index contributed by atoms with van der Waals surface area (Å²) < 4.78 is 30.4. The highest BCUT2D eigenvalue weighted by Gasteiger charge is 2.27. The van der Waals surface area contributed by atoms with E-state index >= 15 is 0 Å². The Labute approximate surface area is 524 Å². The number of quaternary nitrogens is 1. The lowest BCUT2D eigenvalue weighted by Gasteiger charge is -2.30. The van der Waals surface area contributed by atoms with Crippen LogP contribution >= 0.6 is 7.82 Å². The molecule has 10 heteroatoms. The number of carbonyl (C=O) groups excluding carboxylic acids is 2. The summed E-state index contributed by atoms with van der Waals surface area (Å²) in [6.07, 6.45) is 89.9. The summed E-state index contributed by atoms with van der Waals surface area (Å²) in [5, 5.41) is 3.02. The number of unbranched alkanes of at least 4 members (excludes halogenated alkanes) is 25. The molecule has 3 unspecified atom stereocenters. The van der Waals surface area contributed by atoms with E-state index in [1.165, 1.54) is 83.5 Å². The van der Waals surface area contributed by atoms with E-state index in [9.17, 15) is 19.0 Å². The number of hydrogen-bond donors (Lipinski definition) is 1. The lowest BCUT2D eigenvalue weighted by Crippen LogP contribution is -2.47. The first-order valence-electron chi connectivity index (χ1n) is 34.5. The van der Waals surface area contributed by atoms with Crippen molar-refractivity contribution in [3.8, 4) is 0 Å². The van der Waals surface area contributed by atoms with Crippen molar-refractivity contribution in [2.45, 2.75) is 290 Å². The van der Waals surface area contributed by atoms with Crippen LogP contribution in [0, 0.1) is 0 Å². The molecule has 85 heavy (non-hydrogen) atoms. The van der Waals surface area contributed by atoms with Crippen LogP contribution in [0.5, 0.6) is 0 Å². The highest BCUT2D eigenvalue weighted by Crippen LogP contribution is 2.38. The summed E-state index contributed by atoms with van der Waals surface area (Å²) in [7, 11) is 1.15. The second-order valence-corrected chi connectivity index (χ2v) is 25.4. The third-order valence-electron chi connectivity index (χ3n) is 14.6. The van der Waals surface area contributed by atoms with E-state index in [2.05, 4.69) is 148 Å². The van der Waals surface area contributed by atoms with E-state index in [1.54, 1.807) is 0 Å². The molecule has 0 bridgehead atoms. The third-order valence-corrected chi connectivity index (χ3v) is 15.5. The molecule has 0 rings (SSSR count). The maximum absolute atomic E-state index is 13.6. The van der Waals surface area contributed by atoms with Crippen LogP contribution in [0.4, 0.5) is 0 Å². The molecule has 0 spiro atoms. The molecule has 9 nitrogen and oxygen atoms in total. The fourth-order valence-corrected chi connectivity index (χ4v) is 10.00. The number of allylic oxidation sites excluding steroid dienone is 21. The summed E-state index contributed by atoms with van der Waals surface area (Å²) in [4.78, 5) is 40.2. The van der Waals surface area contributed by atoms with Crippen LogP contribution < -0.4 is 10.2 Å². The number of carbonyl (C=O) groups is 2. The SMILES string of the molecule is CC/C=C\C/C=C\C/C=C\C/C=C\C/C=C\C/C=C\CCCCCCCCC(=O)OC(/C=C/CCCCCCCCCCCCC)C(COP(=O)([O-])OCC[N+](C)(C)C)NC(=O)CCCCCCC/C=C\C/C=C\C/C=C\C/C=C\CCCCC. The van der Waals surface area contributed by atoms with Crippen LogP contribution in [0.3, 0.4) is 0 Å². The summed E-state index contributed by atoms with van der Waals surface area (Å²) in [6, 6.07) is -0.916. The predicted octanol–water partition coefficient (Wildman–Crippen LogP) is 21.4. The Kier molecular flexibility index (Phi) is 60.3. The zero-order valence-corrected chi connectivity index (χ0v) is 56.4. The van der Waals surface area contributed by atoms with Crippen molar-refractivity contribution in [3.63, 3.8) is 0 Å². The number of nitrogens with zero attached hydrogens (tertiary/aromatic N) is 1. The van der Waals surface area contributed by atoms with Gasteiger partial charge in [-0.3, -0.25) is 14.2 Å². The molecule has 0 aliphatic heterocycles. The number of nitrogens with one attached hydrogen (secondary N) is 1. The van der Waals surface area contributed by atoms with Crippen LogP contribution in [-0.2, 0) is 27.9 Å². The average Bonchev–Trinajstić information content (AvgIpc) is 3.48. The van der Waals surface area contributed by atoms with E-state index in [-0.39, 0.29) is 31.3 Å². The maximum atomic E-state index is 13.6. The minimum atomic E-state index is -4.72. The Morgan fingerprint density at radius 2 is 0.753 bits per heavy atom. The van der Waals surface area contributed by atoms with Gasteiger partial charge in [0.1, 0.15) is 19.3 Å². The Morgan fingerprint density at radius 3 is 1.15 bits per heavy atom. The monoisotopic (exact) mass is 1200 g/mol. The quantitative estimate of drug-likeness (QED) is 0.0212. The van der Waals surface area contributed by atoms with E-state index in [0.29, 0.717) is 23.9 Å². The van der Waals surface area contributed by atoms with Crippen LogP contribution in [0.25, 0.3) is 0 Å². The van der Waals surface area contributed by atoms with E-state index in [1.807, 2.05) is 33.3 Å². The summed E-state index contributed by atoms with van der Waals surface area (Å²) in [5.41, 5.74) is 0. The van der Waals surface area contributed by atoms with Gasteiger partial charge in [-0.2, -0.15) is 0 Å². The molecule has 0 saturated heterocycles. The lowest BCUT2D eigenvalue weighted by molar-refractivity contribution is -0.870. The first-order valence-corrected chi connectivity index (χ1v) is 36.0. The van der Waals surface area contributed by atoms with Gasteiger partial charge < -0.3 is 28.5 Å². The molecule has 0 heterocycles. The van der Waals surface area contributed by atoms with Gasteiger partial charge in [0.15, 0.2) is 0 Å². The Morgan fingerprint density at radius 1 is 0.424 bits per heavy atom. The Balaban J connectivity index is 5.25. The Bertz CT molecular complexity index is 1920. The fourth-order valence-electron chi connectivity index (χ4n) is 9.27. The third kappa shape index (κ3) is 64.5. The highest BCUT2D eigenvalue weighted by atomic mass is 31.2. The molecule has 3 atom stereocenters. The first kappa shape index (κ1) is 81.2. The van der Waals surface area contributed by atoms with E-state index < -0.39 is 26.6 Å². The van der Waals surface area contributed by atoms with Gasteiger partial charge in [0, 0.05) is 12.8 Å². The fraction of sp³-hybridized carbons (Fsp3) is 0.680. The number of ether oxygens (including phenoxy) is 1. The molecule has 0 aromatic heterocycles. The topological polar surface area (TPSA) is 114 Å². The van der Waals surface area contributed by atoms with Crippen molar-refractivity contribution in [2.75, 3.05) is 40.9 Å². The molecule has 0 aromatic carbocycles. The van der Waals surface area contributed by atoms with E-state index in [4.69, 9.17) is 13.8 Å². The van der Waals surface area contributed by atoms with Crippen molar-refractivity contribution in [3.05, 3.63) is 134 Å². The minimum absolute atomic E-state index is 0.0361. The van der Waals surface area contributed by atoms with Crippen molar-refractivity contribution >= 4 is 19.7 Å². The van der Waals surface area contributed by atoms with Crippen molar-refractivity contribution in [2.24, 2.45) is 0 Å². The number of esters is 1. The number of phosphoric acid groups is 1. The Hall–Kier alpha value is -3.85. The normalized spacial score (nSPS) is 14.4. The summed E-state index contributed by atoms with van der Waals surface area (Å²) in [6.45, 7) is 6.68. The molecule has 0 aliphatic rings. The smallest absolute Gasteiger partial charge is 0.306 e.